The van der Waals surface area contributed by atoms with Crippen molar-refractivity contribution < 1.29 is 37.3 Å². The van der Waals surface area contributed by atoms with Crippen molar-refractivity contribution >= 4 is 11.8 Å². The van der Waals surface area contributed by atoms with Crippen LogP contribution in [0.1, 0.15) is 45.8 Å². The topological polar surface area (TPSA) is 113 Å². The number of nitrogens with zero attached hydrogens (tertiary/aromatic N) is 3. The molecule has 0 fully saturated rings. The minimum atomic E-state index is -1.21. The minimum Gasteiger partial charge on any atom is -0.507 e. The van der Waals surface area contributed by atoms with Gasteiger partial charge in [-0.25, -0.2) is 13.2 Å². The van der Waals surface area contributed by atoms with Crippen molar-refractivity contribution in [2.45, 2.75) is 39.1 Å². The summed E-state index contributed by atoms with van der Waals surface area (Å²) in [7, 11) is 1.37. The van der Waals surface area contributed by atoms with Gasteiger partial charge in [0.25, 0.3) is 11.8 Å². The lowest BCUT2D eigenvalue weighted by Crippen LogP contribution is -2.58. The summed E-state index contributed by atoms with van der Waals surface area (Å²) < 4.78 is 54.3. The summed E-state index contributed by atoms with van der Waals surface area (Å²) in [5.74, 6) is -5.61. The molecular weight excluding hydrogens is 557 g/mol. The van der Waals surface area contributed by atoms with E-state index in [0.29, 0.717) is 17.7 Å². The van der Waals surface area contributed by atoms with E-state index in [9.17, 15) is 32.7 Å². The number of amides is 2. The van der Waals surface area contributed by atoms with Crippen LogP contribution in [0.25, 0.3) is 0 Å². The summed E-state index contributed by atoms with van der Waals surface area (Å²) >= 11 is 0. The van der Waals surface area contributed by atoms with Gasteiger partial charge in [0.2, 0.25) is 5.43 Å². The molecule has 3 aromatic rings. The Morgan fingerprint density at radius 3 is 2.38 bits per heavy atom. The minimum absolute atomic E-state index is 0.0425. The van der Waals surface area contributed by atoms with E-state index in [1.165, 1.54) is 16.7 Å². The summed E-state index contributed by atoms with van der Waals surface area (Å²) in [5, 5.41) is 14.8. The number of halogens is 3. The number of aliphatic hydroxyl groups excluding tert-OH is 1. The van der Waals surface area contributed by atoms with Crippen molar-refractivity contribution in [2.24, 2.45) is 0 Å². The molecule has 13 heteroatoms. The molecule has 3 heterocycles. The van der Waals surface area contributed by atoms with Crippen LogP contribution >= 0.6 is 0 Å². The largest absolute Gasteiger partial charge is 0.507 e. The maximum absolute atomic E-state index is 14.2. The Labute approximate surface area is 238 Å². The van der Waals surface area contributed by atoms with E-state index in [2.05, 4.69) is 5.32 Å². The van der Waals surface area contributed by atoms with Crippen LogP contribution in [0, 0.1) is 17.5 Å². The lowest BCUT2D eigenvalue weighted by molar-refractivity contribution is 0.0597. The first kappa shape index (κ1) is 28.6. The van der Waals surface area contributed by atoms with E-state index in [1.54, 1.807) is 49.2 Å². The molecule has 2 aromatic carbocycles. The van der Waals surface area contributed by atoms with Crippen LogP contribution in [-0.4, -0.2) is 52.4 Å². The number of carbonyl (C=O) groups is 2. The zero-order chi connectivity index (χ0) is 30.3. The summed E-state index contributed by atoms with van der Waals surface area (Å²) in [6, 6.07) is 8.28. The van der Waals surface area contributed by atoms with Gasteiger partial charge in [-0.05, 0) is 19.4 Å². The second kappa shape index (κ2) is 11.1. The Kier molecular flexibility index (Phi) is 7.59. The summed E-state index contributed by atoms with van der Waals surface area (Å²) in [6.45, 7) is 2.46. The highest BCUT2D eigenvalue weighted by Gasteiger charge is 2.44. The molecule has 2 N–H and O–H groups in total. The van der Waals surface area contributed by atoms with Crippen LogP contribution < -0.4 is 20.5 Å². The molecule has 0 spiro atoms. The number of carbonyl (C=O) groups excluding carboxylic acids is 2. The van der Waals surface area contributed by atoms with Gasteiger partial charge in [0.05, 0.1) is 13.2 Å². The third kappa shape index (κ3) is 4.91. The molecule has 2 aliphatic rings. The average molecular weight is 585 g/mol. The SMILES string of the molecule is COC1=C(O)[C@@H](C)N2CN(C(=O)c3c(OCc4ccccc4)c(=O)c(C(=O)NCc4c(F)cc(F)cc4F)cn32)[C@H]1C. The van der Waals surface area contributed by atoms with E-state index in [1.807, 2.05) is 0 Å². The van der Waals surface area contributed by atoms with Gasteiger partial charge in [0.15, 0.2) is 23.0 Å². The molecule has 1 aromatic heterocycles. The van der Waals surface area contributed by atoms with Crippen LogP contribution in [0.5, 0.6) is 5.75 Å². The lowest BCUT2D eigenvalue weighted by atomic mass is 10.1. The second-order valence-electron chi connectivity index (χ2n) is 9.86. The quantitative estimate of drug-likeness (QED) is 0.438. The monoisotopic (exact) mass is 584 g/mol. The molecule has 10 nitrogen and oxygen atoms in total. The number of fused-ring (bicyclic) bond motifs is 4. The molecule has 2 atom stereocenters. The Hall–Kier alpha value is -4.94. The summed E-state index contributed by atoms with van der Waals surface area (Å²) in [4.78, 5) is 42.2. The molecule has 42 heavy (non-hydrogen) atoms. The molecular formula is C29H27F3N4O6. The highest BCUT2D eigenvalue weighted by molar-refractivity contribution is 5.99. The highest BCUT2D eigenvalue weighted by atomic mass is 19.1. The Balaban J connectivity index is 1.61. The molecule has 0 unspecified atom stereocenters. The number of ether oxygens (including phenoxy) is 2. The number of hydrogen-bond donors (Lipinski definition) is 2. The van der Waals surface area contributed by atoms with Gasteiger partial charge < -0.3 is 24.8 Å². The number of rotatable bonds is 7. The number of pyridine rings is 1. The number of aromatic nitrogens is 1. The average Bonchev–Trinajstić information content (AvgIpc) is 3.03. The normalized spacial score (nSPS) is 18.0. The Morgan fingerprint density at radius 1 is 1.07 bits per heavy atom. The first-order valence-electron chi connectivity index (χ1n) is 13.0. The summed E-state index contributed by atoms with van der Waals surface area (Å²) in [6.07, 6.45) is 1.11. The van der Waals surface area contributed by atoms with Crippen LogP contribution in [0.3, 0.4) is 0 Å². The first-order valence-corrected chi connectivity index (χ1v) is 13.0. The molecule has 0 saturated carbocycles. The van der Waals surface area contributed by atoms with Crippen molar-refractivity contribution in [1.29, 1.82) is 0 Å². The summed E-state index contributed by atoms with van der Waals surface area (Å²) in [5.41, 5.74) is -1.54. The highest BCUT2D eigenvalue weighted by Crippen LogP contribution is 2.32. The van der Waals surface area contributed by atoms with Gasteiger partial charge in [-0.3, -0.25) is 24.1 Å². The molecule has 0 aliphatic carbocycles. The van der Waals surface area contributed by atoms with Crippen LogP contribution in [0.4, 0.5) is 13.2 Å². The van der Waals surface area contributed by atoms with Gasteiger partial charge in [0.1, 0.15) is 42.3 Å². The number of methoxy groups -OCH3 is 1. The molecule has 5 rings (SSSR count). The van der Waals surface area contributed by atoms with Crippen molar-refractivity contribution in [3.8, 4) is 5.75 Å². The lowest BCUT2D eigenvalue weighted by Gasteiger charge is -2.42. The number of aliphatic hydroxyl groups is 1. The van der Waals surface area contributed by atoms with Crippen molar-refractivity contribution in [3.63, 3.8) is 0 Å². The fourth-order valence-electron chi connectivity index (χ4n) is 5.02. The van der Waals surface area contributed by atoms with Crippen LogP contribution in [0.2, 0.25) is 0 Å². The van der Waals surface area contributed by atoms with E-state index in [0.717, 1.165) is 6.20 Å². The standard InChI is InChI=1S/C29H27F3N4O6/c1-15-24(37)26(41-3)16(2)34-14-36(15)35-12-20(28(39)33-11-19-21(31)9-18(30)10-22(19)32)25(38)27(23(35)29(34)40)42-13-17-7-5-4-6-8-17/h4-10,12,15-16,37H,11,13-14H2,1-3H3,(H,33,39)/t15-,16+/m1/s1. The van der Waals surface area contributed by atoms with Gasteiger partial charge in [-0.2, -0.15) is 0 Å². The molecule has 2 bridgehead atoms. The van der Waals surface area contributed by atoms with E-state index < -0.39 is 70.2 Å². The van der Waals surface area contributed by atoms with Gasteiger partial charge >= 0.3 is 0 Å². The third-order valence-electron chi connectivity index (χ3n) is 7.35. The van der Waals surface area contributed by atoms with Crippen molar-refractivity contribution in [3.05, 3.63) is 110 Å². The van der Waals surface area contributed by atoms with Gasteiger partial charge in [-0.1, -0.05) is 30.3 Å². The zero-order valence-corrected chi connectivity index (χ0v) is 22.9. The fraction of sp³-hybridized carbons (Fsp3) is 0.276. The van der Waals surface area contributed by atoms with Crippen molar-refractivity contribution in [1.82, 2.24) is 14.9 Å². The number of benzene rings is 2. The Bertz CT molecular complexity index is 1640. The molecule has 220 valence electrons. The van der Waals surface area contributed by atoms with E-state index in [-0.39, 0.29) is 30.5 Å². The van der Waals surface area contributed by atoms with Gasteiger partial charge in [0, 0.05) is 30.4 Å². The van der Waals surface area contributed by atoms with Crippen LogP contribution in [-0.2, 0) is 17.9 Å². The third-order valence-corrected chi connectivity index (χ3v) is 7.35. The second-order valence-corrected chi connectivity index (χ2v) is 9.86. The molecule has 0 saturated heterocycles. The Morgan fingerprint density at radius 2 is 1.74 bits per heavy atom. The van der Waals surface area contributed by atoms with E-state index >= 15 is 0 Å². The van der Waals surface area contributed by atoms with Crippen LogP contribution in [0.15, 0.2) is 65.0 Å². The predicted molar refractivity (Wildman–Crippen MR) is 144 cm³/mol. The number of nitrogens with one attached hydrogen (secondary N) is 1. The fourth-order valence-corrected chi connectivity index (χ4v) is 5.02. The van der Waals surface area contributed by atoms with E-state index in [4.69, 9.17) is 9.47 Å². The maximum atomic E-state index is 14.2. The first-order chi connectivity index (χ1) is 20.0. The predicted octanol–water partition coefficient (Wildman–Crippen LogP) is 3.33. The molecule has 2 amide bonds. The molecule has 0 radical (unpaired) electrons. The smallest absolute Gasteiger partial charge is 0.278 e. The van der Waals surface area contributed by atoms with Crippen molar-refractivity contribution in [2.75, 3.05) is 18.8 Å². The van der Waals surface area contributed by atoms with Gasteiger partial charge in [-0.15, -0.1) is 0 Å². The maximum Gasteiger partial charge on any atom is 0.278 e. The molecule has 2 aliphatic heterocycles. The number of hydrogen-bond acceptors (Lipinski definition) is 7. The zero-order valence-electron chi connectivity index (χ0n) is 22.9.